The summed E-state index contributed by atoms with van der Waals surface area (Å²) in [5.74, 6) is 7.73. The predicted octanol–water partition coefficient (Wildman–Crippen LogP) is 6.06. The zero-order valence-corrected chi connectivity index (χ0v) is 13.5. The molecule has 20 heavy (non-hydrogen) atoms. The summed E-state index contributed by atoms with van der Waals surface area (Å²) < 4.78 is 0. The van der Waals surface area contributed by atoms with E-state index in [4.69, 9.17) is 0 Å². The Labute approximate surface area is 126 Å². The molecule has 4 aliphatic rings. The van der Waals surface area contributed by atoms with Crippen LogP contribution in [0, 0.1) is 41.4 Å². The quantitative estimate of drug-likeness (QED) is 0.504. The Morgan fingerprint density at radius 3 is 1.70 bits per heavy atom. The zero-order chi connectivity index (χ0) is 13.5. The number of hydrogen-bond acceptors (Lipinski definition) is 0. The summed E-state index contributed by atoms with van der Waals surface area (Å²) in [5, 5.41) is 0. The normalized spacial score (nSPS) is 52.4. The minimum atomic E-state index is 1.03. The fraction of sp³-hybridized carbons (Fsp3) is 1.00. The molecular formula is C20H34. The van der Waals surface area contributed by atoms with Crippen molar-refractivity contribution in [3.05, 3.63) is 0 Å². The molecule has 4 aliphatic carbocycles. The molecule has 0 spiro atoms. The van der Waals surface area contributed by atoms with Crippen molar-refractivity contribution in [1.29, 1.82) is 0 Å². The molecule has 0 heterocycles. The van der Waals surface area contributed by atoms with Crippen molar-refractivity contribution in [1.82, 2.24) is 0 Å². The SMILES string of the molecule is CC1CCC[C@H]2CC1CC1CC3CCCC(C3)CC1C2. The minimum Gasteiger partial charge on any atom is -0.0622 e. The lowest BCUT2D eigenvalue weighted by molar-refractivity contribution is 0.211. The molecule has 114 valence electrons. The summed E-state index contributed by atoms with van der Waals surface area (Å²) in [7, 11) is 0. The molecule has 6 unspecified atom stereocenters. The van der Waals surface area contributed by atoms with Gasteiger partial charge in [-0.3, -0.25) is 0 Å². The van der Waals surface area contributed by atoms with Crippen LogP contribution in [0.1, 0.15) is 84.0 Å². The second-order valence-electron chi connectivity index (χ2n) is 9.13. The summed E-state index contributed by atoms with van der Waals surface area (Å²) in [6.45, 7) is 2.57. The molecule has 0 heteroatoms. The van der Waals surface area contributed by atoms with E-state index in [1.807, 2.05) is 0 Å². The monoisotopic (exact) mass is 274 g/mol. The van der Waals surface area contributed by atoms with E-state index in [0.29, 0.717) is 0 Å². The molecule has 0 aromatic heterocycles. The predicted molar refractivity (Wildman–Crippen MR) is 85.5 cm³/mol. The Bertz CT molecular complexity index is 333. The first-order chi connectivity index (χ1) is 9.78. The Hall–Kier alpha value is 0. The summed E-state index contributed by atoms with van der Waals surface area (Å²) in [6, 6.07) is 0. The maximum absolute atomic E-state index is 2.57. The third-order valence-corrected chi connectivity index (χ3v) is 7.78. The third kappa shape index (κ3) is 2.69. The van der Waals surface area contributed by atoms with E-state index in [1.54, 1.807) is 64.2 Å². The smallest absolute Gasteiger partial charge is 0.0380 e. The lowest BCUT2D eigenvalue weighted by Gasteiger charge is -2.29. The maximum Gasteiger partial charge on any atom is -0.0380 e. The molecule has 0 amide bonds. The molecule has 0 N–H and O–H groups in total. The van der Waals surface area contributed by atoms with Crippen LogP contribution in [0.4, 0.5) is 0 Å². The van der Waals surface area contributed by atoms with E-state index in [-0.39, 0.29) is 0 Å². The number of fused-ring (bicyclic) bond motifs is 5. The van der Waals surface area contributed by atoms with Crippen molar-refractivity contribution in [3.63, 3.8) is 0 Å². The summed E-state index contributed by atoms with van der Waals surface area (Å²) in [6.07, 6.45) is 19.0. The molecule has 7 atom stereocenters. The van der Waals surface area contributed by atoms with Crippen LogP contribution in [0.15, 0.2) is 0 Å². The van der Waals surface area contributed by atoms with Crippen LogP contribution in [0.5, 0.6) is 0 Å². The topological polar surface area (TPSA) is 0 Å². The summed E-state index contributed by atoms with van der Waals surface area (Å²) >= 11 is 0. The van der Waals surface area contributed by atoms with Crippen LogP contribution in [0.2, 0.25) is 0 Å². The van der Waals surface area contributed by atoms with Crippen molar-refractivity contribution >= 4 is 0 Å². The van der Waals surface area contributed by atoms with Gasteiger partial charge in [-0.05, 0) is 80.0 Å². The minimum absolute atomic E-state index is 1.03. The van der Waals surface area contributed by atoms with Crippen LogP contribution in [0.3, 0.4) is 0 Å². The van der Waals surface area contributed by atoms with Crippen molar-refractivity contribution in [2.24, 2.45) is 41.4 Å². The van der Waals surface area contributed by atoms with Gasteiger partial charge in [-0.2, -0.15) is 0 Å². The first-order valence-electron chi connectivity index (χ1n) is 9.78. The van der Waals surface area contributed by atoms with Crippen molar-refractivity contribution < 1.29 is 0 Å². The van der Waals surface area contributed by atoms with Gasteiger partial charge in [0.15, 0.2) is 0 Å². The Kier molecular flexibility index (Phi) is 3.86. The van der Waals surface area contributed by atoms with E-state index >= 15 is 0 Å². The standard InChI is InChI=1S/C20H34/c1-14-4-2-5-17-9-18(14)13-20-11-16-7-3-6-15(8-16)10-19(20)12-17/h14-20H,2-13H2,1H3/t14?,15?,16?,17-,18?,19?,20?/m0/s1. The zero-order valence-electron chi connectivity index (χ0n) is 13.5. The lowest BCUT2D eigenvalue weighted by atomic mass is 9.76. The van der Waals surface area contributed by atoms with Crippen LogP contribution in [0.25, 0.3) is 0 Å². The molecule has 4 rings (SSSR count). The molecule has 0 aromatic carbocycles. The molecule has 4 fully saturated rings. The van der Waals surface area contributed by atoms with Gasteiger partial charge < -0.3 is 0 Å². The lowest BCUT2D eigenvalue weighted by Crippen LogP contribution is -2.19. The first-order valence-corrected chi connectivity index (χ1v) is 9.78. The first kappa shape index (κ1) is 13.6. The van der Waals surface area contributed by atoms with Gasteiger partial charge in [-0.15, -0.1) is 0 Å². The second kappa shape index (κ2) is 5.65. The van der Waals surface area contributed by atoms with E-state index in [1.165, 1.54) is 12.8 Å². The molecule has 4 saturated carbocycles. The average Bonchev–Trinajstić information content (AvgIpc) is 2.74. The highest BCUT2D eigenvalue weighted by atomic mass is 14.5. The van der Waals surface area contributed by atoms with E-state index in [2.05, 4.69) is 6.92 Å². The van der Waals surface area contributed by atoms with Crippen LogP contribution in [-0.4, -0.2) is 0 Å². The van der Waals surface area contributed by atoms with E-state index in [9.17, 15) is 0 Å². The molecular weight excluding hydrogens is 240 g/mol. The Morgan fingerprint density at radius 2 is 1.00 bits per heavy atom. The second-order valence-corrected chi connectivity index (χ2v) is 9.13. The average molecular weight is 274 g/mol. The maximum atomic E-state index is 2.57. The fourth-order valence-electron chi connectivity index (χ4n) is 6.75. The van der Waals surface area contributed by atoms with Gasteiger partial charge in [0.1, 0.15) is 0 Å². The Balaban J connectivity index is 1.56. The molecule has 0 radical (unpaired) electrons. The van der Waals surface area contributed by atoms with E-state index in [0.717, 1.165) is 41.4 Å². The van der Waals surface area contributed by atoms with Crippen LogP contribution >= 0.6 is 0 Å². The summed E-state index contributed by atoms with van der Waals surface area (Å²) in [4.78, 5) is 0. The highest BCUT2D eigenvalue weighted by molar-refractivity contribution is 4.91. The molecule has 4 bridgehead atoms. The number of hydrogen-bond donors (Lipinski definition) is 0. The molecule has 0 saturated heterocycles. The van der Waals surface area contributed by atoms with Crippen molar-refractivity contribution in [2.45, 2.75) is 84.0 Å². The molecule has 0 aromatic rings. The van der Waals surface area contributed by atoms with Crippen molar-refractivity contribution in [3.8, 4) is 0 Å². The van der Waals surface area contributed by atoms with Crippen molar-refractivity contribution in [2.75, 3.05) is 0 Å². The summed E-state index contributed by atoms with van der Waals surface area (Å²) in [5.41, 5.74) is 0. The van der Waals surface area contributed by atoms with Gasteiger partial charge in [0, 0.05) is 0 Å². The highest BCUT2D eigenvalue weighted by Crippen LogP contribution is 2.51. The highest BCUT2D eigenvalue weighted by Gasteiger charge is 2.40. The fourth-order valence-corrected chi connectivity index (χ4v) is 6.75. The largest absolute Gasteiger partial charge is 0.0622 e. The van der Waals surface area contributed by atoms with Gasteiger partial charge in [0.05, 0.1) is 0 Å². The van der Waals surface area contributed by atoms with Crippen LogP contribution < -0.4 is 0 Å². The molecule has 0 nitrogen and oxygen atoms in total. The van der Waals surface area contributed by atoms with E-state index < -0.39 is 0 Å². The van der Waals surface area contributed by atoms with Crippen LogP contribution in [-0.2, 0) is 0 Å². The molecule has 0 aliphatic heterocycles. The Morgan fingerprint density at radius 1 is 0.500 bits per heavy atom. The van der Waals surface area contributed by atoms with Gasteiger partial charge >= 0.3 is 0 Å². The van der Waals surface area contributed by atoms with Gasteiger partial charge in [0.25, 0.3) is 0 Å². The van der Waals surface area contributed by atoms with Gasteiger partial charge in [-0.25, -0.2) is 0 Å². The third-order valence-electron chi connectivity index (χ3n) is 7.78. The number of rotatable bonds is 0. The van der Waals surface area contributed by atoms with Gasteiger partial charge in [0.2, 0.25) is 0 Å². The van der Waals surface area contributed by atoms with Gasteiger partial charge in [-0.1, -0.05) is 45.4 Å².